The van der Waals surface area contributed by atoms with Gasteiger partial charge in [0, 0.05) is 6.54 Å². The predicted octanol–water partition coefficient (Wildman–Crippen LogP) is 1.27. The summed E-state index contributed by atoms with van der Waals surface area (Å²) in [6.07, 6.45) is 1.79. The predicted molar refractivity (Wildman–Crippen MR) is 88.8 cm³/mol. The van der Waals surface area contributed by atoms with Crippen LogP contribution in [-0.4, -0.2) is 44.1 Å². The first-order chi connectivity index (χ1) is 11.6. The molecule has 0 saturated heterocycles. The molecule has 0 aliphatic carbocycles. The van der Waals surface area contributed by atoms with Crippen LogP contribution in [0, 0.1) is 0 Å². The number of rotatable bonds is 10. The minimum Gasteiger partial charge on any atom is -0.484 e. The summed E-state index contributed by atoms with van der Waals surface area (Å²) in [7, 11) is 0. The largest absolute Gasteiger partial charge is 0.484 e. The van der Waals surface area contributed by atoms with Gasteiger partial charge in [0.25, 0.3) is 5.91 Å². The quantitative estimate of drug-likeness (QED) is 0.496. The Morgan fingerprint density at radius 3 is 2.33 bits per heavy atom. The van der Waals surface area contributed by atoms with Gasteiger partial charge in [-0.15, -0.1) is 0 Å². The Hall–Kier alpha value is -2.57. The highest BCUT2D eigenvalue weighted by atomic mass is 16.5. The van der Waals surface area contributed by atoms with Gasteiger partial charge < -0.3 is 20.1 Å². The Kier molecular flexibility index (Phi) is 8.96. The second-order valence-corrected chi connectivity index (χ2v) is 5.03. The van der Waals surface area contributed by atoms with E-state index in [4.69, 9.17) is 9.47 Å². The van der Waals surface area contributed by atoms with Crippen LogP contribution >= 0.6 is 0 Å². The van der Waals surface area contributed by atoms with Crippen molar-refractivity contribution in [1.82, 2.24) is 10.6 Å². The van der Waals surface area contributed by atoms with Crippen molar-refractivity contribution in [3.8, 4) is 5.75 Å². The summed E-state index contributed by atoms with van der Waals surface area (Å²) in [4.78, 5) is 34.5. The van der Waals surface area contributed by atoms with E-state index in [1.165, 1.54) is 0 Å². The maximum absolute atomic E-state index is 11.7. The first-order valence-corrected chi connectivity index (χ1v) is 8.00. The topological polar surface area (TPSA) is 93.7 Å². The highest BCUT2D eigenvalue weighted by Gasteiger charge is 2.08. The van der Waals surface area contributed by atoms with Crippen molar-refractivity contribution in [3.05, 3.63) is 29.8 Å². The summed E-state index contributed by atoms with van der Waals surface area (Å²) in [5, 5.41) is 5.02. The fraction of sp³-hybridized carbons (Fsp3) is 0.471. The van der Waals surface area contributed by atoms with Crippen LogP contribution in [0.15, 0.2) is 24.3 Å². The van der Waals surface area contributed by atoms with Crippen molar-refractivity contribution in [2.45, 2.75) is 26.7 Å². The Bertz CT molecular complexity index is 542. The van der Waals surface area contributed by atoms with Crippen molar-refractivity contribution in [1.29, 1.82) is 0 Å². The van der Waals surface area contributed by atoms with E-state index < -0.39 is 5.91 Å². The molecular formula is C17H24N2O5. The van der Waals surface area contributed by atoms with E-state index in [1.54, 1.807) is 31.2 Å². The zero-order valence-corrected chi connectivity index (χ0v) is 14.1. The molecule has 2 N–H and O–H groups in total. The molecule has 132 valence electrons. The third-order valence-corrected chi connectivity index (χ3v) is 3.01. The van der Waals surface area contributed by atoms with Gasteiger partial charge in [0.05, 0.1) is 18.7 Å². The highest BCUT2D eigenvalue weighted by Crippen LogP contribution is 2.13. The lowest BCUT2D eigenvalue weighted by molar-refractivity contribution is -0.127. The van der Waals surface area contributed by atoms with Crippen LogP contribution in [0.25, 0.3) is 0 Å². The Morgan fingerprint density at radius 1 is 1.00 bits per heavy atom. The summed E-state index contributed by atoms with van der Waals surface area (Å²) in [6.45, 7) is 4.44. The monoisotopic (exact) mass is 336 g/mol. The third kappa shape index (κ3) is 7.62. The zero-order valence-electron chi connectivity index (χ0n) is 14.1. The molecule has 0 heterocycles. The molecule has 0 aliphatic rings. The molecule has 0 spiro atoms. The van der Waals surface area contributed by atoms with E-state index in [0.29, 0.717) is 24.5 Å². The lowest BCUT2D eigenvalue weighted by atomic mass is 10.2. The molecule has 1 rings (SSSR count). The van der Waals surface area contributed by atoms with Crippen molar-refractivity contribution >= 4 is 17.8 Å². The van der Waals surface area contributed by atoms with Crippen LogP contribution in [-0.2, 0) is 14.3 Å². The van der Waals surface area contributed by atoms with Gasteiger partial charge in [-0.25, -0.2) is 4.79 Å². The number of esters is 1. The SMILES string of the molecule is CCCCOC(=O)c1ccc(OCC(=O)NCC(=O)NCC)cc1. The molecule has 1 aromatic carbocycles. The van der Waals surface area contributed by atoms with Crippen LogP contribution in [0.1, 0.15) is 37.0 Å². The Morgan fingerprint density at radius 2 is 1.71 bits per heavy atom. The van der Waals surface area contributed by atoms with Gasteiger partial charge in [0.2, 0.25) is 5.91 Å². The number of benzene rings is 1. The number of hydrogen-bond acceptors (Lipinski definition) is 5. The van der Waals surface area contributed by atoms with E-state index in [-0.39, 0.29) is 25.0 Å². The van der Waals surface area contributed by atoms with Crippen molar-refractivity contribution in [2.75, 3.05) is 26.3 Å². The van der Waals surface area contributed by atoms with E-state index in [1.807, 2.05) is 6.92 Å². The minimum absolute atomic E-state index is 0.0848. The van der Waals surface area contributed by atoms with Crippen LogP contribution < -0.4 is 15.4 Å². The van der Waals surface area contributed by atoms with E-state index in [0.717, 1.165) is 12.8 Å². The fourth-order valence-corrected chi connectivity index (χ4v) is 1.72. The van der Waals surface area contributed by atoms with Crippen LogP contribution in [0.3, 0.4) is 0 Å². The van der Waals surface area contributed by atoms with Gasteiger partial charge in [-0.1, -0.05) is 13.3 Å². The first-order valence-electron chi connectivity index (χ1n) is 8.00. The van der Waals surface area contributed by atoms with Crippen molar-refractivity contribution in [3.63, 3.8) is 0 Å². The van der Waals surface area contributed by atoms with E-state index >= 15 is 0 Å². The molecule has 0 saturated carbocycles. The molecule has 24 heavy (non-hydrogen) atoms. The molecule has 0 bridgehead atoms. The second kappa shape index (κ2) is 11.0. The number of carbonyl (C=O) groups excluding carboxylic acids is 3. The van der Waals surface area contributed by atoms with Gasteiger partial charge in [-0.2, -0.15) is 0 Å². The highest BCUT2D eigenvalue weighted by molar-refractivity contribution is 5.89. The molecule has 0 aromatic heterocycles. The summed E-state index contributed by atoms with van der Waals surface area (Å²) in [6, 6.07) is 6.34. The standard InChI is InChI=1S/C17H24N2O5/c1-3-5-10-23-17(22)13-6-8-14(9-7-13)24-12-16(21)19-11-15(20)18-4-2/h6-9H,3-5,10-12H2,1-2H3,(H,18,20)(H,19,21). The molecule has 0 unspecified atom stereocenters. The molecule has 0 atom stereocenters. The molecule has 0 radical (unpaired) electrons. The lowest BCUT2D eigenvalue weighted by Crippen LogP contribution is -2.38. The van der Waals surface area contributed by atoms with Crippen LogP contribution in [0.2, 0.25) is 0 Å². The average molecular weight is 336 g/mol. The van der Waals surface area contributed by atoms with Gasteiger partial charge in [0.15, 0.2) is 6.61 Å². The normalized spacial score (nSPS) is 9.92. The molecule has 7 heteroatoms. The molecule has 1 aromatic rings. The number of nitrogens with one attached hydrogen (secondary N) is 2. The molecule has 2 amide bonds. The number of likely N-dealkylation sites (N-methyl/N-ethyl adjacent to an activating group) is 1. The molecule has 0 aliphatic heterocycles. The molecular weight excluding hydrogens is 312 g/mol. The Balaban J connectivity index is 2.35. The van der Waals surface area contributed by atoms with E-state index in [9.17, 15) is 14.4 Å². The minimum atomic E-state index is -0.399. The number of amides is 2. The van der Waals surface area contributed by atoms with Crippen molar-refractivity contribution < 1.29 is 23.9 Å². The van der Waals surface area contributed by atoms with Crippen LogP contribution in [0.5, 0.6) is 5.75 Å². The zero-order chi connectivity index (χ0) is 17.8. The Labute approximate surface area is 141 Å². The maximum atomic E-state index is 11.7. The summed E-state index contributed by atoms with van der Waals surface area (Å²) in [5.41, 5.74) is 0.430. The molecule has 7 nitrogen and oxygen atoms in total. The second-order valence-electron chi connectivity index (χ2n) is 5.03. The average Bonchev–Trinajstić information content (AvgIpc) is 2.59. The molecule has 0 fully saturated rings. The fourth-order valence-electron chi connectivity index (χ4n) is 1.72. The maximum Gasteiger partial charge on any atom is 0.338 e. The van der Waals surface area contributed by atoms with E-state index in [2.05, 4.69) is 10.6 Å². The summed E-state index contributed by atoms with van der Waals surface area (Å²) < 4.78 is 10.4. The van der Waals surface area contributed by atoms with Crippen LogP contribution in [0.4, 0.5) is 0 Å². The van der Waals surface area contributed by atoms with Gasteiger partial charge in [0.1, 0.15) is 5.75 Å². The number of carbonyl (C=O) groups is 3. The smallest absolute Gasteiger partial charge is 0.338 e. The van der Waals surface area contributed by atoms with Crippen molar-refractivity contribution in [2.24, 2.45) is 0 Å². The third-order valence-electron chi connectivity index (χ3n) is 3.01. The van der Waals surface area contributed by atoms with Gasteiger partial charge >= 0.3 is 5.97 Å². The number of ether oxygens (including phenoxy) is 2. The summed E-state index contributed by atoms with van der Waals surface area (Å²) in [5.74, 6) is -0.580. The number of unbranched alkanes of at least 4 members (excludes halogenated alkanes) is 1. The lowest BCUT2D eigenvalue weighted by Gasteiger charge is -2.08. The number of hydrogen-bond donors (Lipinski definition) is 2. The first kappa shape index (κ1) is 19.5. The summed E-state index contributed by atoms with van der Waals surface area (Å²) >= 11 is 0. The van der Waals surface area contributed by atoms with Gasteiger partial charge in [-0.3, -0.25) is 9.59 Å². The van der Waals surface area contributed by atoms with Gasteiger partial charge in [-0.05, 0) is 37.6 Å².